The van der Waals surface area contributed by atoms with Crippen molar-refractivity contribution < 1.29 is 28.9 Å². The molecular formula is C30H37NO6. The van der Waals surface area contributed by atoms with Crippen LogP contribution in [-0.2, 0) is 20.7 Å². The number of benzene rings is 2. The van der Waals surface area contributed by atoms with Crippen molar-refractivity contribution in [3.63, 3.8) is 0 Å². The lowest BCUT2D eigenvalue weighted by Crippen LogP contribution is -2.37. The minimum absolute atomic E-state index is 0.137. The minimum Gasteiger partial charge on any atom is -0.493 e. The van der Waals surface area contributed by atoms with Crippen LogP contribution >= 0.6 is 0 Å². The Morgan fingerprint density at radius 2 is 1.54 bits per heavy atom. The van der Waals surface area contributed by atoms with E-state index in [4.69, 9.17) is 14.2 Å². The van der Waals surface area contributed by atoms with Crippen LogP contribution in [0.1, 0.15) is 58.1 Å². The highest BCUT2D eigenvalue weighted by Crippen LogP contribution is 2.44. The van der Waals surface area contributed by atoms with Gasteiger partial charge >= 0.3 is 11.9 Å². The van der Waals surface area contributed by atoms with Crippen molar-refractivity contribution >= 4 is 11.9 Å². The smallest absolute Gasteiger partial charge is 0.337 e. The number of carboxylic acid groups (broad SMARTS) is 1. The number of methoxy groups -OCH3 is 2. The molecule has 0 aliphatic carbocycles. The summed E-state index contributed by atoms with van der Waals surface area (Å²) in [6, 6.07) is 15.3. The molecule has 0 amide bonds. The number of nitrogens with zero attached hydrogens (tertiary/aromatic N) is 1. The van der Waals surface area contributed by atoms with Gasteiger partial charge in [-0.2, -0.15) is 0 Å². The number of aryl methyl sites for hydroxylation is 1. The molecule has 0 radical (unpaired) electrons. The van der Waals surface area contributed by atoms with Crippen LogP contribution < -0.4 is 9.47 Å². The molecule has 1 atom stereocenters. The molecule has 0 fully saturated rings. The summed E-state index contributed by atoms with van der Waals surface area (Å²) >= 11 is 0. The molecule has 1 aliphatic heterocycles. The Hall–Kier alpha value is -3.74. The van der Waals surface area contributed by atoms with E-state index in [1.54, 1.807) is 45.9 Å². The van der Waals surface area contributed by atoms with Gasteiger partial charge in [0.15, 0.2) is 11.5 Å². The number of carboxylic acids is 1. The highest BCUT2D eigenvalue weighted by molar-refractivity contribution is 5.99. The lowest BCUT2D eigenvalue weighted by Gasteiger charge is -2.38. The Balaban J connectivity index is 2.12. The van der Waals surface area contributed by atoms with Crippen molar-refractivity contribution in [1.29, 1.82) is 0 Å². The van der Waals surface area contributed by atoms with E-state index >= 15 is 0 Å². The first-order valence-electron chi connectivity index (χ1n) is 12.4. The fraction of sp³-hybridized carbons (Fsp3) is 0.400. The number of aliphatic carboxylic acids is 1. The Morgan fingerprint density at radius 3 is 2.11 bits per heavy atom. The van der Waals surface area contributed by atoms with Gasteiger partial charge < -0.3 is 24.2 Å². The number of allylic oxidation sites excluding steroid dienone is 2. The Bertz CT molecular complexity index is 1210. The van der Waals surface area contributed by atoms with Crippen molar-refractivity contribution in [1.82, 2.24) is 4.90 Å². The molecular weight excluding hydrogens is 470 g/mol. The predicted molar refractivity (Wildman–Crippen MR) is 143 cm³/mol. The molecule has 2 aromatic carbocycles. The highest BCUT2D eigenvalue weighted by atomic mass is 16.6. The van der Waals surface area contributed by atoms with Crippen LogP contribution in [0.15, 0.2) is 71.1 Å². The molecule has 0 bridgehead atoms. The molecule has 3 rings (SSSR count). The largest absolute Gasteiger partial charge is 0.493 e. The summed E-state index contributed by atoms with van der Waals surface area (Å²) < 4.78 is 16.6. The minimum atomic E-state index is -1.08. The van der Waals surface area contributed by atoms with E-state index < -0.39 is 23.5 Å². The predicted octanol–water partition coefficient (Wildman–Crippen LogP) is 5.71. The lowest BCUT2D eigenvalue weighted by molar-refractivity contribution is -0.150. The van der Waals surface area contributed by atoms with Crippen LogP contribution in [0, 0.1) is 0 Å². The van der Waals surface area contributed by atoms with Crippen LogP contribution in [-0.4, -0.2) is 48.3 Å². The summed E-state index contributed by atoms with van der Waals surface area (Å²) in [7, 11) is 3.06. The SMILES string of the molecule is COc1ccc(C2C(C(=O)O)=C(C)N(CCCc3ccccc3)C(C)=C2C(=O)OC(C)(C)C)cc1OC. The highest BCUT2D eigenvalue weighted by Gasteiger charge is 2.41. The van der Waals surface area contributed by atoms with Crippen LogP contribution in [0.25, 0.3) is 0 Å². The maximum absolute atomic E-state index is 13.6. The third-order valence-electron chi connectivity index (χ3n) is 6.45. The second-order valence-corrected chi connectivity index (χ2v) is 10.1. The summed E-state index contributed by atoms with van der Waals surface area (Å²) in [5.41, 5.74) is 2.80. The molecule has 198 valence electrons. The van der Waals surface area contributed by atoms with E-state index in [1.165, 1.54) is 19.8 Å². The van der Waals surface area contributed by atoms with Crippen molar-refractivity contribution in [3.05, 3.63) is 82.2 Å². The van der Waals surface area contributed by atoms with Crippen molar-refractivity contribution in [2.24, 2.45) is 0 Å². The summed E-state index contributed by atoms with van der Waals surface area (Å²) in [6.07, 6.45) is 1.62. The molecule has 37 heavy (non-hydrogen) atoms. The van der Waals surface area contributed by atoms with E-state index in [9.17, 15) is 14.7 Å². The van der Waals surface area contributed by atoms with E-state index in [0.717, 1.165) is 12.8 Å². The quantitative estimate of drug-likeness (QED) is 0.435. The zero-order valence-corrected chi connectivity index (χ0v) is 22.8. The van der Waals surface area contributed by atoms with Gasteiger partial charge in [0, 0.05) is 17.9 Å². The third-order valence-corrected chi connectivity index (χ3v) is 6.45. The maximum Gasteiger partial charge on any atom is 0.337 e. The zero-order chi connectivity index (χ0) is 27.3. The Kier molecular flexibility index (Phi) is 8.69. The molecule has 0 saturated heterocycles. The Labute approximate surface area is 219 Å². The number of rotatable bonds is 9. The summed E-state index contributed by atoms with van der Waals surface area (Å²) in [5.74, 6) is -1.49. The molecule has 7 nitrogen and oxygen atoms in total. The number of carbonyl (C=O) groups is 2. The second kappa shape index (κ2) is 11.5. The zero-order valence-electron chi connectivity index (χ0n) is 22.8. The van der Waals surface area contributed by atoms with Gasteiger partial charge in [-0.1, -0.05) is 36.4 Å². The van der Waals surface area contributed by atoms with E-state index in [1.807, 2.05) is 30.0 Å². The molecule has 1 N–H and O–H groups in total. The molecule has 1 heterocycles. The van der Waals surface area contributed by atoms with E-state index in [2.05, 4.69) is 12.1 Å². The molecule has 0 aromatic heterocycles. The maximum atomic E-state index is 13.6. The van der Waals surface area contributed by atoms with Crippen LogP contribution in [0.4, 0.5) is 0 Å². The first-order chi connectivity index (χ1) is 17.5. The summed E-state index contributed by atoms with van der Waals surface area (Å²) in [4.78, 5) is 28.3. The lowest BCUT2D eigenvalue weighted by atomic mass is 9.79. The molecule has 0 spiro atoms. The summed E-state index contributed by atoms with van der Waals surface area (Å²) in [5, 5.41) is 10.4. The number of esters is 1. The molecule has 1 unspecified atom stereocenters. The van der Waals surface area contributed by atoms with Crippen molar-refractivity contribution in [2.45, 2.75) is 59.0 Å². The first kappa shape index (κ1) is 27.8. The molecule has 0 saturated carbocycles. The van der Waals surface area contributed by atoms with E-state index in [0.29, 0.717) is 40.6 Å². The normalized spacial score (nSPS) is 16.1. The number of hydrogen-bond acceptors (Lipinski definition) is 6. The van der Waals surface area contributed by atoms with Crippen LogP contribution in [0.3, 0.4) is 0 Å². The fourth-order valence-electron chi connectivity index (χ4n) is 4.77. The number of carbonyl (C=O) groups excluding carboxylic acids is 1. The third kappa shape index (κ3) is 6.34. The van der Waals surface area contributed by atoms with Crippen LogP contribution in [0.5, 0.6) is 11.5 Å². The number of ether oxygens (including phenoxy) is 3. The van der Waals surface area contributed by atoms with Gasteiger partial charge in [0.1, 0.15) is 5.60 Å². The van der Waals surface area contributed by atoms with Gasteiger partial charge in [-0.15, -0.1) is 0 Å². The van der Waals surface area contributed by atoms with Gasteiger partial charge in [0.2, 0.25) is 0 Å². The van der Waals surface area contributed by atoms with Gasteiger partial charge in [0.25, 0.3) is 0 Å². The second-order valence-electron chi connectivity index (χ2n) is 10.1. The summed E-state index contributed by atoms with van der Waals surface area (Å²) in [6.45, 7) is 9.62. The standard InChI is InChI=1S/C30H37NO6/c1-19-25(28(32)33)27(22-15-16-23(35-6)24(18-22)36-7)26(29(34)37-30(3,4)5)20(2)31(19)17-11-14-21-12-9-8-10-13-21/h8-10,12-13,15-16,18,27H,11,14,17H2,1-7H3,(H,32,33). The molecule has 2 aromatic rings. The van der Waals surface area contributed by atoms with Gasteiger partial charge in [-0.05, 0) is 70.7 Å². The van der Waals surface area contributed by atoms with Crippen molar-refractivity contribution in [2.75, 3.05) is 20.8 Å². The van der Waals surface area contributed by atoms with Gasteiger partial charge in [-0.3, -0.25) is 0 Å². The van der Waals surface area contributed by atoms with Crippen LogP contribution in [0.2, 0.25) is 0 Å². The topological polar surface area (TPSA) is 85.3 Å². The fourth-order valence-corrected chi connectivity index (χ4v) is 4.77. The van der Waals surface area contributed by atoms with Crippen molar-refractivity contribution in [3.8, 4) is 11.5 Å². The van der Waals surface area contributed by atoms with Gasteiger partial charge in [0.05, 0.1) is 31.3 Å². The Morgan fingerprint density at radius 1 is 0.919 bits per heavy atom. The van der Waals surface area contributed by atoms with Gasteiger partial charge in [-0.25, -0.2) is 9.59 Å². The molecule has 1 aliphatic rings. The average molecular weight is 508 g/mol. The number of hydrogen-bond donors (Lipinski definition) is 1. The molecule has 7 heteroatoms. The first-order valence-corrected chi connectivity index (χ1v) is 12.4. The average Bonchev–Trinajstić information content (AvgIpc) is 2.84. The monoisotopic (exact) mass is 507 g/mol. The van der Waals surface area contributed by atoms with E-state index in [-0.39, 0.29) is 5.57 Å².